The molecule has 0 rings (SSSR count). The summed E-state index contributed by atoms with van der Waals surface area (Å²) >= 11 is 0. The molecule has 3 nitrogen and oxygen atoms in total. The van der Waals surface area contributed by atoms with Crippen molar-refractivity contribution in [3.05, 3.63) is 0 Å². The van der Waals surface area contributed by atoms with Crippen molar-refractivity contribution in [2.75, 3.05) is 0 Å². The SMILES string of the molecule is CCCCCC(F)(F)C(F)(F)C(F)(F)C(F)(F)C(F)(F)C(F)(F)S(=O)(=O)O. The summed E-state index contributed by atoms with van der Waals surface area (Å²) in [5, 5.41) is -7.40. The Morgan fingerprint density at radius 1 is 0.667 bits per heavy atom. The Hall–Kier alpha value is -0.930. The van der Waals surface area contributed by atoms with Crippen molar-refractivity contribution in [3.63, 3.8) is 0 Å². The molecule has 0 spiro atoms. The normalized spacial score (nSPS) is 15.9. The second-order valence-electron chi connectivity index (χ2n) is 5.45. The third kappa shape index (κ3) is 3.82. The molecule has 0 aliphatic heterocycles. The van der Waals surface area contributed by atoms with E-state index in [1.807, 2.05) is 0 Å². The van der Waals surface area contributed by atoms with Crippen molar-refractivity contribution in [3.8, 4) is 0 Å². The van der Waals surface area contributed by atoms with Crippen LogP contribution in [0.5, 0.6) is 0 Å². The maximum atomic E-state index is 13.3. The third-order valence-electron chi connectivity index (χ3n) is 3.43. The molecular formula is C11H12F12O3S. The van der Waals surface area contributed by atoms with Crippen LogP contribution in [0.1, 0.15) is 32.6 Å². The van der Waals surface area contributed by atoms with Gasteiger partial charge in [0, 0.05) is 6.42 Å². The Labute approximate surface area is 144 Å². The average Bonchev–Trinajstić information content (AvgIpc) is 2.45. The first-order valence-corrected chi connectivity index (χ1v) is 8.24. The molecule has 0 bridgehead atoms. The summed E-state index contributed by atoms with van der Waals surface area (Å²) in [7, 11) is -7.53. The van der Waals surface area contributed by atoms with E-state index in [0.717, 1.165) is 0 Å². The highest BCUT2D eigenvalue weighted by Crippen LogP contribution is 2.61. The fourth-order valence-electron chi connectivity index (χ4n) is 1.72. The number of halogens is 12. The summed E-state index contributed by atoms with van der Waals surface area (Å²) < 4.78 is 186. The van der Waals surface area contributed by atoms with Gasteiger partial charge in [0.1, 0.15) is 0 Å². The predicted molar refractivity (Wildman–Crippen MR) is 65.4 cm³/mol. The maximum absolute atomic E-state index is 13.3. The van der Waals surface area contributed by atoms with Crippen LogP contribution in [0.3, 0.4) is 0 Å². The fraction of sp³-hybridized carbons (Fsp3) is 1.00. The molecule has 1 N–H and O–H groups in total. The van der Waals surface area contributed by atoms with Gasteiger partial charge in [-0.15, -0.1) is 0 Å². The van der Waals surface area contributed by atoms with Gasteiger partial charge < -0.3 is 0 Å². The van der Waals surface area contributed by atoms with Crippen LogP contribution < -0.4 is 0 Å². The van der Waals surface area contributed by atoms with E-state index >= 15 is 0 Å². The fourth-order valence-corrected chi connectivity index (χ4v) is 2.17. The number of hydrogen-bond donors (Lipinski definition) is 1. The van der Waals surface area contributed by atoms with Gasteiger partial charge in [0.05, 0.1) is 0 Å². The van der Waals surface area contributed by atoms with E-state index < -0.39 is 57.8 Å². The summed E-state index contributed by atoms with van der Waals surface area (Å²) in [6.45, 7) is 1.34. The van der Waals surface area contributed by atoms with Gasteiger partial charge in [-0.2, -0.15) is 61.1 Å². The van der Waals surface area contributed by atoms with Gasteiger partial charge in [0.15, 0.2) is 0 Å². The molecule has 0 aromatic heterocycles. The molecule has 0 saturated carbocycles. The predicted octanol–water partition coefficient (Wildman–Crippen LogP) is 5.22. The van der Waals surface area contributed by atoms with E-state index in [9.17, 15) is 61.1 Å². The highest BCUT2D eigenvalue weighted by atomic mass is 32.2. The summed E-state index contributed by atoms with van der Waals surface area (Å²) in [6.07, 6.45) is -3.31. The minimum atomic E-state index is -8.02. The van der Waals surface area contributed by atoms with Gasteiger partial charge in [-0.05, 0) is 6.42 Å². The van der Waals surface area contributed by atoms with Crippen molar-refractivity contribution >= 4 is 10.1 Å². The molecule has 0 unspecified atom stereocenters. The molecular weight excluding hydrogens is 440 g/mol. The Balaban J connectivity index is 6.30. The van der Waals surface area contributed by atoms with E-state index in [-0.39, 0.29) is 12.8 Å². The zero-order chi connectivity index (χ0) is 22.3. The maximum Gasteiger partial charge on any atom is 0.438 e. The second kappa shape index (κ2) is 7.15. The Morgan fingerprint density at radius 3 is 1.37 bits per heavy atom. The van der Waals surface area contributed by atoms with Gasteiger partial charge >= 0.3 is 45.0 Å². The number of alkyl halides is 12. The van der Waals surface area contributed by atoms with E-state index in [0.29, 0.717) is 0 Å². The molecule has 0 aromatic rings. The van der Waals surface area contributed by atoms with Crippen molar-refractivity contribution in [2.24, 2.45) is 0 Å². The molecule has 0 atom stereocenters. The van der Waals surface area contributed by atoms with Gasteiger partial charge in [0.2, 0.25) is 0 Å². The topological polar surface area (TPSA) is 54.4 Å². The molecule has 0 aliphatic rings. The zero-order valence-corrected chi connectivity index (χ0v) is 13.9. The van der Waals surface area contributed by atoms with Crippen LogP contribution in [-0.2, 0) is 10.1 Å². The highest BCUT2D eigenvalue weighted by Gasteiger charge is 2.91. The molecule has 16 heteroatoms. The van der Waals surface area contributed by atoms with Gasteiger partial charge in [-0.3, -0.25) is 4.55 Å². The smallest absolute Gasteiger partial charge is 0.281 e. The van der Waals surface area contributed by atoms with E-state index in [1.54, 1.807) is 0 Å². The van der Waals surface area contributed by atoms with E-state index in [1.165, 1.54) is 6.92 Å². The Morgan fingerprint density at radius 2 is 1.04 bits per heavy atom. The van der Waals surface area contributed by atoms with Crippen LogP contribution in [0.25, 0.3) is 0 Å². The molecule has 0 saturated heterocycles. The molecule has 0 aliphatic carbocycles. The standard InChI is InChI=1S/C11H12F12O3S/c1-2-3-4-5-6(12,13)7(14,15)8(16,17)9(18,19)10(20,21)11(22,23)27(24,25)26/h2-5H2,1H3,(H,24,25,26). The lowest BCUT2D eigenvalue weighted by Gasteiger charge is -2.40. The zero-order valence-electron chi connectivity index (χ0n) is 13.0. The van der Waals surface area contributed by atoms with Crippen LogP contribution in [-0.4, -0.2) is 47.8 Å². The molecule has 0 aromatic carbocycles. The number of hydrogen-bond acceptors (Lipinski definition) is 2. The summed E-state index contributed by atoms with van der Waals surface area (Å²) in [5.74, 6) is -37.1. The lowest BCUT2D eigenvalue weighted by atomic mass is 9.92. The van der Waals surface area contributed by atoms with Crippen LogP contribution in [0.15, 0.2) is 0 Å². The van der Waals surface area contributed by atoms with Crippen molar-refractivity contribution < 1.29 is 65.7 Å². The number of unbranched alkanes of at least 4 members (excludes halogenated alkanes) is 2. The minimum absolute atomic E-state index is 0.0762. The highest BCUT2D eigenvalue weighted by molar-refractivity contribution is 7.87. The van der Waals surface area contributed by atoms with Crippen molar-refractivity contribution in [2.45, 2.75) is 67.5 Å². The van der Waals surface area contributed by atoms with Gasteiger partial charge in [-0.25, -0.2) is 0 Å². The first kappa shape index (κ1) is 26.1. The molecule has 0 radical (unpaired) electrons. The minimum Gasteiger partial charge on any atom is -0.281 e. The first-order valence-electron chi connectivity index (χ1n) is 6.80. The Kier molecular flexibility index (Phi) is 6.90. The van der Waals surface area contributed by atoms with Crippen LogP contribution in [0.4, 0.5) is 52.7 Å². The van der Waals surface area contributed by atoms with Crippen molar-refractivity contribution in [1.82, 2.24) is 0 Å². The van der Waals surface area contributed by atoms with Crippen LogP contribution in [0.2, 0.25) is 0 Å². The largest absolute Gasteiger partial charge is 0.438 e. The quantitative estimate of drug-likeness (QED) is 0.281. The molecule has 0 heterocycles. The van der Waals surface area contributed by atoms with Gasteiger partial charge in [-0.1, -0.05) is 19.8 Å². The monoisotopic (exact) mass is 452 g/mol. The third-order valence-corrected chi connectivity index (χ3v) is 4.33. The molecule has 164 valence electrons. The van der Waals surface area contributed by atoms with E-state index in [2.05, 4.69) is 0 Å². The lowest BCUT2D eigenvalue weighted by molar-refractivity contribution is -0.417. The summed E-state index contributed by atoms with van der Waals surface area (Å²) in [4.78, 5) is 0. The molecule has 0 amide bonds. The second-order valence-corrected chi connectivity index (χ2v) is 6.91. The Bertz CT molecular complexity index is 629. The van der Waals surface area contributed by atoms with E-state index in [4.69, 9.17) is 4.55 Å². The lowest BCUT2D eigenvalue weighted by Crippen LogP contribution is -2.71. The number of rotatable bonds is 10. The molecule has 27 heavy (non-hydrogen) atoms. The first-order chi connectivity index (χ1) is 11.6. The van der Waals surface area contributed by atoms with Crippen molar-refractivity contribution in [1.29, 1.82) is 0 Å². The molecule has 0 fully saturated rings. The van der Waals surface area contributed by atoms with Crippen LogP contribution >= 0.6 is 0 Å². The van der Waals surface area contributed by atoms with Crippen LogP contribution in [0, 0.1) is 0 Å². The summed E-state index contributed by atoms with van der Waals surface area (Å²) in [5.41, 5.74) is 0. The van der Waals surface area contributed by atoms with Gasteiger partial charge in [0.25, 0.3) is 0 Å². The average molecular weight is 452 g/mol. The summed E-state index contributed by atoms with van der Waals surface area (Å²) in [6, 6.07) is 0.